The van der Waals surface area contributed by atoms with Gasteiger partial charge in [-0.1, -0.05) is 6.92 Å². The van der Waals surface area contributed by atoms with Gasteiger partial charge in [-0.15, -0.1) is 0 Å². The lowest BCUT2D eigenvalue weighted by atomic mass is 9.91. The Bertz CT molecular complexity index is 497. The first-order chi connectivity index (χ1) is 10.1. The summed E-state index contributed by atoms with van der Waals surface area (Å²) in [6.07, 6.45) is 4.76. The Balaban J connectivity index is 2.42. The molecular formula is C14H24N4O3. The van der Waals surface area contributed by atoms with E-state index in [1.165, 1.54) is 0 Å². The zero-order chi connectivity index (χ0) is 15.4. The molecule has 0 radical (unpaired) electrons. The minimum Gasteiger partial charge on any atom is -0.396 e. The van der Waals surface area contributed by atoms with Crippen molar-refractivity contribution < 1.29 is 10.0 Å². The number of nitro groups is 1. The molecule has 1 aromatic rings. The molecule has 1 heterocycles. The largest absolute Gasteiger partial charge is 0.396 e. The summed E-state index contributed by atoms with van der Waals surface area (Å²) >= 11 is 0. The van der Waals surface area contributed by atoms with Crippen LogP contribution in [0.15, 0.2) is 0 Å². The second-order valence-corrected chi connectivity index (χ2v) is 5.59. The highest BCUT2D eigenvalue weighted by Crippen LogP contribution is 2.37. The number of hydrogen-bond acceptors (Lipinski definition) is 5. The van der Waals surface area contributed by atoms with E-state index in [9.17, 15) is 10.1 Å². The molecule has 0 aliphatic heterocycles. The molecule has 0 amide bonds. The smallest absolute Gasteiger partial charge is 0.333 e. The number of hydrogen-bond donors (Lipinski definition) is 1. The lowest BCUT2D eigenvalue weighted by Gasteiger charge is -2.38. The molecule has 1 fully saturated rings. The van der Waals surface area contributed by atoms with Crippen LogP contribution in [-0.2, 0) is 6.54 Å². The number of rotatable bonds is 8. The van der Waals surface area contributed by atoms with Crippen molar-refractivity contribution >= 4 is 11.5 Å². The average Bonchev–Trinajstić information content (AvgIpc) is 2.69. The molecule has 1 N–H and O–H groups in total. The van der Waals surface area contributed by atoms with Gasteiger partial charge < -0.3 is 10.0 Å². The summed E-state index contributed by atoms with van der Waals surface area (Å²) in [5.41, 5.74) is 0.588. The van der Waals surface area contributed by atoms with Crippen LogP contribution in [-0.4, -0.2) is 39.0 Å². The second-order valence-electron chi connectivity index (χ2n) is 5.59. The highest BCUT2D eigenvalue weighted by atomic mass is 16.6. The molecule has 1 aliphatic carbocycles. The molecule has 1 saturated carbocycles. The number of aliphatic hydroxyl groups is 1. The molecule has 0 saturated heterocycles. The van der Waals surface area contributed by atoms with E-state index < -0.39 is 0 Å². The van der Waals surface area contributed by atoms with Crippen LogP contribution in [0.5, 0.6) is 0 Å². The van der Waals surface area contributed by atoms with Crippen LogP contribution < -0.4 is 4.90 Å². The summed E-state index contributed by atoms with van der Waals surface area (Å²) in [5.74, 6) is 0.623. The zero-order valence-corrected chi connectivity index (χ0v) is 12.8. The monoisotopic (exact) mass is 296 g/mol. The van der Waals surface area contributed by atoms with Crippen LogP contribution in [0.4, 0.5) is 11.5 Å². The molecule has 0 aromatic carbocycles. The lowest BCUT2D eigenvalue weighted by molar-refractivity contribution is -0.384. The third-order valence-electron chi connectivity index (χ3n) is 4.03. The Labute approximate surface area is 124 Å². The van der Waals surface area contributed by atoms with E-state index in [0.717, 1.165) is 25.7 Å². The maximum absolute atomic E-state index is 11.4. The molecule has 0 bridgehead atoms. The highest BCUT2D eigenvalue weighted by molar-refractivity contribution is 5.62. The quantitative estimate of drug-likeness (QED) is 0.587. The van der Waals surface area contributed by atoms with Gasteiger partial charge in [0.2, 0.25) is 5.82 Å². The van der Waals surface area contributed by atoms with Crippen molar-refractivity contribution in [3.63, 3.8) is 0 Å². The molecule has 7 heteroatoms. The molecule has 0 spiro atoms. The van der Waals surface area contributed by atoms with E-state index in [4.69, 9.17) is 5.11 Å². The predicted octanol–water partition coefficient (Wildman–Crippen LogP) is 2.25. The Morgan fingerprint density at radius 3 is 2.71 bits per heavy atom. The Kier molecular flexibility index (Phi) is 5.17. The molecule has 1 aliphatic rings. The minimum atomic E-state index is -0.325. The minimum absolute atomic E-state index is 0.0952. The fraction of sp³-hybridized carbons (Fsp3) is 0.786. The predicted molar refractivity (Wildman–Crippen MR) is 80.6 cm³/mol. The third-order valence-corrected chi connectivity index (χ3v) is 4.03. The molecule has 0 unspecified atom stereocenters. The normalized spacial score (nSPS) is 15.0. The fourth-order valence-corrected chi connectivity index (χ4v) is 2.83. The van der Waals surface area contributed by atoms with E-state index in [1.807, 2.05) is 6.92 Å². The summed E-state index contributed by atoms with van der Waals surface area (Å²) in [4.78, 5) is 13.2. The van der Waals surface area contributed by atoms with E-state index in [1.54, 1.807) is 11.6 Å². The highest BCUT2D eigenvalue weighted by Gasteiger charge is 2.34. The molecule has 118 valence electrons. The lowest BCUT2D eigenvalue weighted by Crippen LogP contribution is -2.42. The van der Waals surface area contributed by atoms with E-state index >= 15 is 0 Å². The van der Waals surface area contributed by atoms with Gasteiger partial charge in [-0.2, -0.15) is 5.10 Å². The number of aliphatic hydroxyl groups excluding tert-OH is 1. The molecule has 21 heavy (non-hydrogen) atoms. The van der Waals surface area contributed by atoms with Crippen molar-refractivity contribution in [2.24, 2.45) is 0 Å². The van der Waals surface area contributed by atoms with Crippen LogP contribution in [0.1, 0.15) is 44.7 Å². The Morgan fingerprint density at radius 2 is 2.24 bits per heavy atom. The summed E-state index contributed by atoms with van der Waals surface area (Å²) in [6, 6.07) is 0.335. The van der Waals surface area contributed by atoms with Crippen molar-refractivity contribution in [3.8, 4) is 0 Å². The second kappa shape index (κ2) is 6.89. The summed E-state index contributed by atoms with van der Waals surface area (Å²) in [6.45, 7) is 5.13. The van der Waals surface area contributed by atoms with Gasteiger partial charge >= 0.3 is 5.69 Å². The SMILES string of the molecule is CCCn1nc(C)c([N+](=O)[O-])c1N(CCCO)C1CCC1. The number of aryl methyl sites for hydroxylation is 2. The van der Waals surface area contributed by atoms with Gasteiger partial charge in [0.15, 0.2) is 0 Å². The van der Waals surface area contributed by atoms with Crippen molar-refractivity contribution in [1.29, 1.82) is 0 Å². The van der Waals surface area contributed by atoms with Crippen molar-refractivity contribution in [2.75, 3.05) is 18.1 Å². The average molecular weight is 296 g/mol. The van der Waals surface area contributed by atoms with E-state index in [-0.39, 0.29) is 17.2 Å². The van der Waals surface area contributed by atoms with Gasteiger partial charge in [0.25, 0.3) is 0 Å². The number of anilines is 1. The van der Waals surface area contributed by atoms with Gasteiger partial charge in [-0.3, -0.25) is 10.1 Å². The summed E-state index contributed by atoms with van der Waals surface area (Å²) in [5, 5.41) is 24.9. The first-order valence-electron chi connectivity index (χ1n) is 7.69. The third kappa shape index (κ3) is 3.18. The van der Waals surface area contributed by atoms with Gasteiger partial charge in [-0.05, 0) is 39.0 Å². The fourth-order valence-electron chi connectivity index (χ4n) is 2.83. The first-order valence-corrected chi connectivity index (χ1v) is 7.69. The zero-order valence-electron chi connectivity index (χ0n) is 12.8. The van der Waals surface area contributed by atoms with Crippen LogP contribution in [0.25, 0.3) is 0 Å². The summed E-state index contributed by atoms with van der Waals surface area (Å²) in [7, 11) is 0. The maximum Gasteiger partial charge on any atom is 0.333 e. The first kappa shape index (κ1) is 15.8. The molecular weight excluding hydrogens is 272 g/mol. The molecule has 0 atom stereocenters. The molecule has 1 aromatic heterocycles. The molecule has 7 nitrogen and oxygen atoms in total. The maximum atomic E-state index is 11.4. The molecule has 2 rings (SSSR count). The van der Waals surface area contributed by atoms with Crippen LogP contribution in [0, 0.1) is 17.0 Å². The van der Waals surface area contributed by atoms with Crippen LogP contribution in [0.2, 0.25) is 0 Å². The number of nitrogens with zero attached hydrogens (tertiary/aromatic N) is 4. The summed E-state index contributed by atoms with van der Waals surface area (Å²) < 4.78 is 1.77. The van der Waals surface area contributed by atoms with E-state index in [0.29, 0.717) is 37.1 Å². The van der Waals surface area contributed by atoms with Crippen LogP contribution in [0.3, 0.4) is 0 Å². The Morgan fingerprint density at radius 1 is 1.52 bits per heavy atom. The topological polar surface area (TPSA) is 84.4 Å². The van der Waals surface area contributed by atoms with Gasteiger partial charge in [0, 0.05) is 25.7 Å². The van der Waals surface area contributed by atoms with Crippen molar-refractivity contribution in [2.45, 2.75) is 58.5 Å². The standard InChI is InChI=1S/C14H24N4O3/c1-3-8-17-14(13(18(20)21)11(2)15-17)16(9-5-10-19)12-6-4-7-12/h12,19H,3-10H2,1-2H3. The van der Waals surface area contributed by atoms with Crippen LogP contribution >= 0.6 is 0 Å². The Hall–Kier alpha value is -1.63. The number of aromatic nitrogens is 2. The van der Waals surface area contributed by atoms with Crippen molar-refractivity contribution in [3.05, 3.63) is 15.8 Å². The van der Waals surface area contributed by atoms with Gasteiger partial charge in [0.05, 0.1) is 4.92 Å². The van der Waals surface area contributed by atoms with E-state index in [2.05, 4.69) is 10.00 Å². The van der Waals surface area contributed by atoms with Crippen molar-refractivity contribution in [1.82, 2.24) is 9.78 Å². The van der Waals surface area contributed by atoms with Gasteiger partial charge in [-0.25, -0.2) is 4.68 Å². The van der Waals surface area contributed by atoms with Gasteiger partial charge in [0.1, 0.15) is 5.69 Å².